The number of aliphatic hydroxyl groups excluding tert-OH is 4. The number of aromatic nitrogens is 6. The van der Waals surface area contributed by atoms with Crippen LogP contribution in [0.4, 0.5) is 0 Å². The number of amides is 4. The average molecular weight is 1300 g/mol. The normalized spacial score (nSPS) is 19.2. The summed E-state index contributed by atoms with van der Waals surface area (Å²) in [5.41, 5.74) is 12.1. The first-order chi connectivity index (χ1) is 43.6. The van der Waals surface area contributed by atoms with E-state index in [1.165, 1.54) is 13.8 Å². The third-order valence-corrected chi connectivity index (χ3v) is 13.1. The van der Waals surface area contributed by atoms with Crippen molar-refractivity contribution in [2.75, 3.05) is 119 Å². The van der Waals surface area contributed by atoms with E-state index in [4.69, 9.17) is 71.3 Å². The fourth-order valence-electron chi connectivity index (χ4n) is 8.95. The number of guanidine groups is 2. The highest BCUT2D eigenvalue weighted by atomic mass is 16.6. The molecule has 2 aliphatic rings. The lowest BCUT2D eigenvalue weighted by molar-refractivity contribution is -0.159. The van der Waals surface area contributed by atoms with E-state index in [-0.39, 0.29) is 39.3 Å². The number of carbonyl (C=O) groups is 6. The van der Waals surface area contributed by atoms with Gasteiger partial charge in [0.2, 0.25) is 35.1 Å². The Morgan fingerprint density at radius 2 is 1.07 bits per heavy atom. The summed E-state index contributed by atoms with van der Waals surface area (Å²) in [7, 11) is 0. The van der Waals surface area contributed by atoms with E-state index in [1.54, 1.807) is 21.8 Å². The number of nitrogens with one attached hydrogen (secondary N) is 8. The van der Waals surface area contributed by atoms with Gasteiger partial charge in [-0.1, -0.05) is 16.3 Å². The smallest absolute Gasteiger partial charge is 0.370 e. The van der Waals surface area contributed by atoms with Crippen LogP contribution in [-0.4, -0.2) is 293 Å². The Labute approximate surface area is 522 Å². The van der Waals surface area contributed by atoms with E-state index >= 15 is 0 Å². The Morgan fingerprint density at radius 3 is 1.45 bits per heavy atom. The Bertz CT molecular complexity index is 2570. The van der Waals surface area contributed by atoms with Crippen LogP contribution in [0.5, 0.6) is 0 Å². The second kappa shape index (κ2) is 41.2. The molecule has 0 aromatic carbocycles. The number of carboxylic acid groups (broad SMARTS) is 2. The van der Waals surface area contributed by atoms with Gasteiger partial charge in [0.05, 0.1) is 115 Å². The number of hydrogen-bond donors (Lipinski definition) is 16. The number of aliphatic hydroxyl groups is 4. The second-order valence-electron chi connectivity index (χ2n) is 20.3. The molecule has 0 radical (unpaired) electrons. The molecule has 4 rings (SSSR count). The fourth-order valence-corrected chi connectivity index (χ4v) is 8.95. The first-order valence-corrected chi connectivity index (χ1v) is 28.8. The van der Waals surface area contributed by atoms with Crippen LogP contribution in [-0.2, 0) is 97.3 Å². The quantitative estimate of drug-likeness (QED) is 0.00962. The molecule has 10 atom stereocenters. The van der Waals surface area contributed by atoms with Crippen LogP contribution in [0.3, 0.4) is 0 Å². The number of rotatable bonds is 46. The summed E-state index contributed by atoms with van der Waals surface area (Å²) in [6, 6.07) is -4.66. The minimum Gasteiger partial charge on any atom is -0.478 e. The third kappa shape index (κ3) is 28.2. The third-order valence-electron chi connectivity index (χ3n) is 13.1. The summed E-state index contributed by atoms with van der Waals surface area (Å²) in [4.78, 5) is 76.4. The molecule has 2 aromatic heterocycles. The molecule has 508 valence electrons. The molecule has 91 heavy (non-hydrogen) atoms. The van der Waals surface area contributed by atoms with Crippen LogP contribution < -0.4 is 43.4 Å². The van der Waals surface area contributed by atoms with Crippen molar-refractivity contribution in [1.29, 1.82) is 10.8 Å². The first kappa shape index (κ1) is 75.3. The molecule has 0 aliphatic carbocycles. The Hall–Kier alpha value is -8.20. The van der Waals surface area contributed by atoms with Crippen molar-refractivity contribution >= 4 is 47.5 Å². The maximum absolute atomic E-state index is 13.0. The van der Waals surface area contributed by atoms with Gasteiger partial charge in [0.15, 0.2) is 24.1 Å². The molecule has 0 fully saturated rings. The highest BCUT2D eigenvalue weighted by Gasteiger charge is 2.47. The van der Waals surface area contributed by atoms with Gasteiger partial charge in [-0.15, -0.1) is 16.6 Å². The number of aliphatic carboxylic acids is 2. The van der Waals surface area contributed by atoms with Crippen molar-refractivity contribution in [1.82, 2.24) is 66.8 Å². The van der Waals surface area contributed by atoms with Gasteiger partial charge < -0.3 is 117 Å². The van der Waals surface area contributed by atoms with E-state index in [9.17, 15) is 59.4 Å². The van der Waals surface area contributed by atoms with Crippen LogP contribution in [0.2, 0.25) is 0 Å². The molecule has 38 nitrogen and oxygen atoms in total. The van der Waals surface area contributed by atoms with Crippen molar-refractivity contribution in [3.63, 3.8) is 0 Å². The molecule has 0 saturated carbocycles. The molecule has 18 N–H and O–H groups in total. The number of terminal acetylenes is 1. The molecule has 0 unspecified atom stereocenters. The molecule has 38 heteroatoms. The zero-order valence-electron chi connectivity index (χ0n) is 50.5. The topological polar surface area (TPSA) is 543 Å². The highest BCUT2D eigenvalue weighted by Crippen LogP contribution is 2.27. The number of ether oxygens (including phenoxy) is 9. The van der Waals surface area contributed by atoms with Crippen molar-refractivity contribution in [3.8, 4) is 12.3 Å². The molecule has 2 aromatic rings. The van der Waals surface area contributed by atoms with Gasteiger partial charge in [-0.25, -0.2) is 9.59 Å². The molecule has 0 saturated heterocycles. The van der Waals surface area contributed by atoms with Crippen LogP contribution >= 0.6 is 0 Å². The predicted molar refractivity (Wildman–Crippen MR) is 312 cm³/mol. The lowest BCUT2D eigenvalue weighted by Crippen LogP contribution is -2.64. The van der Waals surface area contributed by atoms with Crippen LogP contribution in [0.1, 0.15) is 31.7 Å². The lowest BCUT2D eigenvalue weighted by atomic mass is 9.91. The van der Waals surface area contributed by atoms with Crippen molar-refractivity contribution in [3.05, 3.63) is 47.5 Å². The Balaban J connectivity index is 1.30. The van der Waals surface area contributed by atoms with Gasteiger partial charge in [0.25, 0.3) is 0 Å². The van der Waals surface area contributed by atoms with Crippen molar-refractivity contribution in [2.24, 2.45) is 11.5 Å². The highest BCUT2D eigenvalue weighted by molar-refractivity contribution is 5.86. The molecule has 4 amide bonds. The standard InChI is InChI=1S/C53H85N17O21/c1-4-14-83-17-19-85-21-22-86-20-18-84-15-5-16-87-31-68(10-12-69-25-34(64-66-69)6-8-58-42(77)29-88-46(38(75)27-71)48-44(60-32(2)73)36(62-52(54)55)23-40(90-48)50(79)80)11-13-70-26-35(65-67-70)7-9-59-43(78)30-89-47(39(76)28-72)49-45(61-33(3)74)37(63-53(56)57)24-41(91-49)51(81)82/h1,23-26,36-39,44-49,71-72,75-76H,5-22,27-31H2,2-3H3,(H,58,77)(H,59,78)(H,60,73)(H,61,74)(H,79,80)(H,81,82)(H4,54,55,62)(H4,56,57,63)/t36-,37-,38+,39+,44+,45+,46+,47+,48+,49+/m0/s1. The van der Waals surface area contributed by atoms with Crippen LogP contribution in [0, 0.1) is 23.2 Å². The van der Waals surface area contributed by atoms with Crippen LogP contribution in [0.25, 0.3) is 0 Å². The van der Waals surface area contributed by atoms with E-state index in [0.29, 0.717) is 96.8 Å². The Kier molecular flexibility index (Phi) is 34.1. The lowest BCUT2D eigenvalue weighted by Gasteiger charge is -2.41. The maximum Gasteiger partial charge on any atom is 0.370 e. The minimum absolute atomic E-state index is 0.0610. The van der Waals surface area contributed by atoms with Gasteiger partial charge in [-0.3, -0.25) is 44.3 Å². The first-order valence-electron chi connectivity index (χ1n) is 28.8. The molecule has 2 aliphatic heterocycles. The van der Waals surface area contributed by atoms with E-state index < -0.39 is 146 Å². The summed E-state index contributed by atoms with van der Waals surface area (Å²) in [5.74, 6) is -5.60. The van der Waals surface area contributed by atoms with Gasteiger partial charge in [0, 0.05) is 71.9 Å². The number of hydrogen-bond acceptors (Lipinski definition) is 26. The number of nitrogens with two attached hydrogens (primary N) is 2. The number of carboxylic acids is 2. The molecular formula is C53H85N17O21. The fraction of sp³-hybridized carbons (Fsp3) is 0.660. The number of carbonyl (C=O) groups excluding carboxylic acids is 4. The predicted octanol–water partition coefficient (Wildman–Crippen LogP) is -7.82. The van der Waals surface area contributed by atoms with Gasteiger partial charge >= 0.3 is 11.9 Å². The SMILES string of the molecule is C#CCOCCOCCOCCOCCCOCN(CCn1cc(CCNC(=O)CO[C@@H]([C@@H]2OC(C(=O)O)=C[C@H](NC(=N)N)[C@H]2NC(C)=O)[C@H](O)CO)nn1)CCn1cc(CCNC(=O)CO[C@@H]([C@@H]2OC(C(=O)O)=C[C@H](NC(=N)N)[C@H]2NC(C)=O)[C@H](O)CO)nn1. The van der Waals surface area contributed by atoms with Crippen molar-refractivity contribution < 1.29 is 102 Å². The van der Waals surface area contributed by atoms with Gasteiger partial charge in [0.1, 0.15) is 44.2 Å². The maximum atomic E-state index is 13.0. The summed E-state index contributed by atoms with van der Waals surface area (Å²) in [6.07, 6.45) is 2.13. The molecule has 0 bridgehead atoms. The molecule has 0 spiro atoms. The zero-order valence-corrected chi connectivity index (χ0v) is 50.5. The summed E-state index contributed by atoms with van der Waals surface area (Å²) in [6.45, 7) is 4.42. The Morgan fingerprint density at radius 1 is 0.659 bits per heavy atom. The second-order valence-corrected chi connectivity index (χ2v) is 20.3. The minimum atomic E-state index is -1.73. The van der Waals surface area contributed by atoms with Crippen LogP contribution in [0.15, 0.2) is 36.1 Å². The summed E-state index contributed by atoms with van der Waals surface area (Å²) in [5, 5.41) is 108. The average Bonchev–Trinajstić information content (AvgIpc) is 1.53. The monoisotopic (exact) mass is 1300 g/mol. The van der Waals surface area contributed by atoms with Gasteiger partial charge in [-0.05, 0) is 18.6 Å². The van der Waals surface area contributed by atoms with E-state index in [1.807, 2.05) is 4.90 Å². The molecular weight excluding hydrogens is 1210 g/mol. The summed E-state index contributed by atoms with van der Waals surface area (Å²) < 4.78 is 53.6. The van der Waals surface area contributed by atoms with E-state index in [0.717, 1.165) is 12.2 Å². The van der Waals surface area contributed by atoms with Gasteiger partial charge in [-0.2, -0.15) is 0 Å². The van der Waals surface area contributed by atoms with E-state index in [2.05, 4.69) is 58.4 Å². The molecule has 4 heterocycles. The summed E-state index contributed by atoms with van der Waals surface area (Å²) >= 11 is 0. The largest absolute Gasteiger partial charge is 0.478 e. The zero-order chi connectivity index (χ0) is 66.7. The van der Waals surface area contributed by atoms with Crippen molar-refractivity contribution in [2.45, 2.75) is 107 Å². The number of nitrogens with zero attached hydrogens (tertiary/aromatic N) is 7.